The van der Waals surface area contributed by atoms with E-state index in [9.17, 15) is 34.8 Å². The number of hydrogen-bond donors (Lipinski definition) is 5. The molecule has 0 saturated heterocycles. The number of aryl methyl sites for hydroxylation is 1. The summed E-state index contributed by atoms with van der Waals surface area (Å²) in [6.07, 6.45) is 1.87. The number of carbonyl (C=O) groups excluding carboxylic acids is 3. The van der Waals surface area contributed by atoms with Gasteiger partial charge in [-0.1, -0.05) is 6.07 Å². The van der Waals surface area contributed by atoms with Crippen molar-refractivity contribution < 1.29 is 34.8 Å². The molecule has 1 aromatic heterocycles. The van der Waals surface area contributed by atoms with Crippen LogP contribution in [-0.4, -0.2) is 73.5 Å². The van der Waals surface area contributed by atoms with Crippen LogP contribution in [0, 0.1) is 18.8 Å². The number of hydrogen-bond acceptors (Lipinski definition) is 9. The smallest absolute Gasteiger partial charge is 0.255 e. The second-order valence-electron chi connectivity index (χ2n) is 10.1. The van der Waals surface area contributed by atoms with Crippen molar-refractivity contribution in [2.24, 2.45) is 17.6 Å². The number of aliphatic hydroxyl groups excluding tert-OH is 2. The largest absolute Gasteiger partial charge is 0.508 e. The molecule has 0 bridgehead atoms. The predicted octanol–water partition coefficient (Wildman–Crippen LogP) is 1.33. The van der Waals surface area contributed by atoms with Gasteiger partial charge >= 0.3 is 0 Å². The Bertz CT molecular complexity index is 1460. The molecule has 4 atom stereocenters. The van der Waals surface area contributed by atoms with E-state index in [2.05, 4.69) is 4.98 Å². The fourth-order valence-electron chi connectivity index (χ4n) is 6.23. The molecule has 1 heterocycles. The van der Waals surface area contributed by atoms with Crippen LogP contribution in [0.5, 0.6) is 5.75 Å². The van der Waals surface area contributed by atoms with Crippen LogP contribution >= 0.6 is 0 Å². The summed E-state index contributed by atoms with van der Waals surface area (Å²) in [5, 5.41) is 44.6. The highest BCUT2D eigenvalue weighted by Crippen LogP contribution is 2.53. The van der Waals surface area contributed by atoms with Gasteiger partial charge in [-0.2, -0.15) is 0 Å². The molecule has 5 rings (SSSR count). The molecule has 1 saturated carbocycles. The summed E-state index contributed by atoms with van der Waals surface area (Å²) >= 11 is 0. The molecule has 0 aliphatic heterocycles. The summed E-state index contributed by atoms with van der Waals surface area (Å²) in [6.45, 7) is 1.89. The van der Waals surface area contributed by atoms with Gasteiger partial charge in [0.05, 0.1) is 17.3 Å². The van der Waals surface area contributed by atoms with Crippen molar-refractivity contribution in [3.63, 3.8) is 0 Å². The number of phenols is 1. The van der Waals surface area contributed by atoms with Crippen LogP contribution in [0.3, 0.4) is 0 Å². The van der Waals surface area contributed by atoms with Crippen LogP contribution in [0.25, 0.3) is 17.0 Å². The van der Waals surface area contributed by atoms with E-state index in [1.165, 1.54) is 11.0 Å². The van der Waals surface area contributed by atoms with E-state index >= 15 is 0 Å². The van der Waals surface area contributed by atoms with Gasteiger partial charge in [0, 0.05) is 23.3 Å². The Morgan fingerprint density at radius 3 is 2.49 bits per heavy atom. The van der Waals surface area contributed by atoms with Gasteiger partial charge in [0.15, 0.2) is 11.4 Å². The quantitative estimate of drug-likeness (QED) is 0.386. The number of phenolic OH excluding ortho intramolecular Hbond substituents is 1. The van der Waals surface area contributed by atoms with Gasteiger partial charge in [0.25, 0.3) is 5.91 Å². The maximum Gasteiger partial charge on any atom is 0.255 e. The van der Waals surface area contributed by atoms with Crippen LogP contribution in [0.4, 0.5) is 0 Å². The molecule has 37 heavy (non-hydrogen) atoms. The molecule has 2 aromatic rings. The predicted molar refractivity (Wildman–Crippen MR) is 132 cm³/mol. The Kier molecular flexibility index (Phi) is 5.50. The molecular weight excluding hydrogens is 478 g/mol. The molecule has 10 heteroatoms. The number of nitrogens with zero attached hydrogens (tertiary/aromatic N) is 2. The first-order chi connectivity index (χ1) is 17.4. The average Bonchev–Trinajstić information content (AvgIpc) is 2.82. The normalized spacial score (nSPS) is 27.2. The Morgan fingerprint density at radius 2 is 1.86 bits per heavy atom. The van der Waals surface area contributed by atoms with Gasteiger partial charge in [-0.3, -0.25) is 24.3 Å². The third-order valence-corrected chi connectivity index (χ3v) is 7.87. The lowest BCUT2D eigenvalue weighted by molar-refractivity contribution is -0.153. The summed E-state index contributed by atoms with van der Waals surface area (Å²) in [4.78, 5) is 45.1. The number of ketones is 2. The molecule has 10 nitrogen and oxygen atoms in total. The van der Waals surface area contributed by atoms with Crippen molar-refractivity contribution in [1.29, 1.82) is 0 Å². The highest BCUT2D eigenvalue weighted by Gasteiger charge is 2.64. The minimum atomic E-state index is -2.66. The lowest BCUT2D eigenvalue weighted by Crippen LogP contribution is -2.65. The maximum absolute atomic E-state index is 13.9. The van der Waals surface area contributed by atoms with E-state index in [1.807, 2.05) is 13.0 Å². The highest BCUT2D eigenvalue weighted by molar-refractivity contribution is 6.24. The van der Waals surface area contributed by atoms with E-state index in [0.717, 1.165) is 5.56 Å². The van der Waals surface area contributed by atoms with Gasteiger partial charge in [0.2, 0.25) is 5.78 Å². The zero-order valence-electron chi connectivity index (χ0n) is 20.5. The maximum atomic E-state index is 13.9. The number of Topliss-reactive ketones (excluding diaryl/α,β-unsaturated/α-hetero) is 2. The summed E-state index contributed by atoms with van der Waals surface area (Å²) in [7, 11) is 3.13. The Labute approximate surface area is 212 Å². The Hall–Kier alpha value is -4.02. The second-order valence-corrected chi connectivity index (χ2v) is 10.1. The number of aromatic nitrogens is 1. The van der Waals surface area contributed by atoms with Crippen molar-refractivity contribution >= 4 is 23.2 Å². The van der Waals surface area contributed by atoms with Crippen LogP contribution in [0.2, 0.25) is 0 Å². The lowest BCUT2D eigenvalue weighted by Gasteiger charge is -2.50. The fourth-order valence-corrected chi connectivity index (χ4v) is 6.23. The summed E-state index contributed by atoms with van der Waals surface area (Å²) < 4.78 is 0. The zero-order valence-corrected chi connectivity index (χ0v) is 20.5. The molecule has 3 aliphatic rings. The number of pyridine rings is 1. The van der Waals surface area contributed by atoms with Crippen molar-refractivity contribution in [1.82, 2.24) is 9.88 Å². The van der Waals surface area contributed by atoms with Crippen LogP contribution in [0.1, 0.15) is 23.1 Å². The molecular formula is C27H27N3O7. The molecule has 1 aromatic carbocycles. The van der Waals surface area contributed by atoms with Gasteiger partial charge in [0.1, 0.15) is 22.8 Å². The number of fused-ring (bicyclic) bond motifs is 3. The number of rotatable bonds is 3. The van der Waals surface area contributed by atoms with Crippen molar-refractivity contribution in [3.8, 4) is 17.0 Å². The Morgan fingerprint density at radius 1 is 1.16 bits per heavy atom. The number of likely N-dealkylation sites (N-methyl/N-ethyl adjacent to an activating group) is 1. The highest BCUT2D eigenvalue weighted by atomic mass is 16.3. The average molecular weight is 506 g/mol. The fraction of sp³-hybridized carbons (Fsp3) is 0.333. The van der Waals surface area contributed by atoms with Crippen LogP contribution in [-0.2, 0) is 20.8 Å². The minimum Gasteiger partial charge on any atom is -0.508 e. The number of nitrogens with two attached hydrogens (primary N) is 1. The van der Waals surface area contributed by atoms with Crippen LogP contribution in [0.15, 0.2) is 47.4 Å². The first-order valence-corrected chi connectivity index (χ1v) is 11.8. The first-order valence-electron chi connectivity index (χ1n) is 11.8. The van der Waals surface area contributed by atoms with Crippen molar-refractivity contribution in [2.45, 2.75) is 31.4 Å². The number of aliphatic hydroxyl groups is 3. The van der Waals surface area contributed by atoms with E-state index in [1.54, 1.807) is 32.4 Å². The molecule has 192 valence electrons. The van der Waals surface area contributed by atoms with Crippen molar-refractivity contribution in [2.75, 3.05) is 14.1 Å². The number of amides is 1. The third-order valence-electron chi connectivity index (χ3n) is 7.87. The zero-order chi connectivity index (χ0) is 27.0. The van der Waals surface area contributed by atoms with Crippen molar-refractivity contribution in [3.05, 3.63) is 64.1 Å². The molecule has 1 amide bonds. The molecule has 1 fully saturated rings. The van der Waals surface area contributed by atoms with Gasteiger partial charge in [-0.05, 0) is 69.1 Å². The second kappa shape index (κ2) is 8.25. The van der Waals surface area contributed by atoms with E-state index in [4.69, 9.17) is 5.73 Å². The SMILES string of the molecule is Cc1cccnc1-c1ccc(O)c2c1C[C@H]1C[C@H]3[C@H](N(C)C)C(=O)C(C(N)=O)=C(O)[C@@]3(O)C(=O)C1=C2O. The molecule has 3 aliphatic carbocycles. The van der Waals surface area contributed by atoms with Gasteiger partial charge in [-0.25, -0.2) is 0 Å². The number of primary amides is 1. The Balaban J connectivity index is 1.76. The standard InChI is InChI=1S/C27H27N3O7/c1-11-5-4-8-29-20(11)13-6-7-16(31)18-14(13)9-12-10-15-21(30(2)3)23(33)19(26(28)36)25(35)27(15,37)24(34)17(12)22(18)32/h4-8,12,15,21,31-32,35,37H,9-10H2,1-3H3,(H2,28,36)/t12-,15-,21-,27-/m0/s1. The molecule has 0 spiro atoms. The minimum absolute atomic E-state index is 0.0298. The monoisotopic (exact) mass is 505 g/mol. The van der Waals surface area contributed by atoms with E-state index in [-0.39, 0.29) is 29.7 Å². The number of carbonyl (C=O) groups is 3. The first kappa shape index (κ1) is 24.7. The van der Waals surface area contributed by atoms with Gasteiger partial charge < -0.3 is 26.2 Å². The summed E-state index contributed by atoms with van der Waals surface area (Å²) in [5.41, 5.74) is 4.48. The lowest BCUT2D eigenvalue weighted by atomic mass is 9.57. The van der Waals surface area contributed by atoms with Crippen LogP contribution < -0.4 is 5.73 Å². The molecule has 0 radical (unpaired) electrons. The molecule has 0 unspecified atom stereocenters. The summed E-state index contributed by atoms with van der Waals surface area (Å²) in [5.74, 6) is -6.75. The number of benzene rings is 1. The van der Waals surface area contributed by atoms with E-state index in [0.29, 0.717) is 16.8 Å². The third kappa shape index (κ3) is 3.25. The number of aromatic hydroxyl groups is 1. The van der Waals surface area contributed by atoms with E-state index < -0.39 is 58.0 Å². The summed E-state index contributed by atoms with van der Waals surface area (Å²) in [6, 6.07) is 5.65. The van der Waals surface area contributed by atoms with Gasteiger partial charge in [-0.15, -0.1) is 0 Å². The topological polar surface area (TPSA) is 174 Å². The molecule has 6 N–H and O–H groups in total.